The van der Waals surface area contributed by atoms with Crippen LogP contribution in [0.4, 0.5) is 6.01 Å². The zero-order chi connectivity index (χ0) is 15.6. The Labute approximate surface area is 146 Å². The third-order valence-corrected chi connectivity index (χ3v) is 4.19. The van der Waals surface area contributed by atoms with Gasteiger partial charge in [0.1, 0.15) is 5.52 Å². The van der Waals surface area contributed by atoms with Gasteiger partial charge in [-0.15, -0.1) is 0 Å². The molecule has 0 spiro atoms. The highest BCUT2D eigenvalue weighted by Gasteiger charge is 2.33. The Kier molecular flexibility index (Phi) is 5.64. The van der Waals surface area contributed by atoms with Crippen LogP contribution in [0.25, 0.3) is 11.1 Å². The van der Waals surface area contributed by atoms with E-state index in [0.717, 1.165) is 37.3 Å². The summed E-state index contributed by atoms with van der Waals surface area (Å²) in [5.41, 5.74) is 1.69. The Morgan fingerprint density at radius 2 is 2.04 bits per heavy atom. The van der Waals surface area contributed by atoms with Gasteiger partial charge < -0.3 is 35.5 Å². The summed E-state index contributed by atoms with van der Waals surface area (Å²) in [5.74, 6) is -0.125. The van der Waals surface area contributed by atoms with E-state index in [4.69, 9.17) is 9.15 Å². The van der Waals surface area contributed by atoms with Crippen LogP contribution in [-0.4, -0.2) is 61.8 Å². The van der Waals surface area contributed by atoms with Crippen molar-refractivity contribution in [2.75, 3.05) is 51.3 Å². The van der Waals surface area contributed by atoms with Gasteiger partial charge in [-0.25, -0.2) is 4.79 Å². The Bertz CT molecular complexity index is 632. The van der Waals surface area contributed by atoms with E-state index < -0.39 is 0 Å². The topological polar surface area (TPSA) is 55.6 Å². The van der Waals surface area contributed by atoms with E-state index in [9.17, 15) is 4.79 Å². The molecule has 2 aromatic rings. The smallest absolute Gasteiger partial charge is 0.361 e. The SMILES string of the molecule is CCOC(=O)C[N+]1(C)CCN(c2nc3ccccc3o2)CC1.[Br-]. The molecule has 6 nitrogen and oxygen atoms in total. The summed E-state index contributed by atoms with van der Waals surface area (Å²) in [6.45, 7) is 6.09. The minimum atomic E-state index is -0.125. The molecule has 23 heavy (non-hydrogen) atoms. The summed E-state index contributed by atoms with van der Waals surface area (Å²) in [7, 11) is 2.10. The van der Waals surface area contributed by atoms with Crippen molar-refractivity contribution in [3.63, 3.8) is 0 Å². The van der Waals surface area contributed by atoms with Gasteiger partial charge in [0.2, 0.25) is 0 Å². The van der Waals surface area contributed by atoms with E-state index in [0.29, 0.717) is 23.6 Å². The van der Waals surface area contributed by atoms with Crippen LogP contribution in [0.2, 0.25) is 0 Å². The number of nitrogens with zero attached hydrogens (tertiary/aromatic N) is 3. The fourth-order valence-electron chi connectivity index (χ4n) is 2.81. The number of oxazole rings is 1. The molecule has 2 heterocycles. The van der Waals surface area contributed by atoms with Gasteiger partial charge in [-0.3, -0.25) is 0 Å². The number of fused-ring (bicyclic) bond motifs is 1. The number of rotatable bonds is 4. The second kappa shape index (κ2) is 7.31. The second-order valence-electron chi connectivity index (χ2n) is 5.98. The number of anilines is 1. The molecular formula is C16H22BrN3O3. The highest BCUT2D eigenvalue weighted by Crippen LogP contribution is 2.23. The van der Waals surface area contributed by atoms with Crippen LogP contribution in [-0.2, 0) is 9.53 Å². The minimum absolute atomic E-state index is 0. The first-order chi connectivity index (χ1) is 10.6. The van der Waals surface area contributed by atoms with Crippen molar-refractivity contribution in [1.29, 1.82) is 0 Å². The van der Waals surface area contributed by atoms with Gasteiger partial charge in [0, 0.05) is 0 Å². The normalized spacial score (nSPS) is 16.9. The molecule has 0 amide bonds. The zero-order valence-corrected chi connectivity index (χ0v) is 15.1. The number of carbonyl (C=O) groups is 1. The van der Waals surface area contributed by atoms with Crippen LogP contribution < -0.4 is 21.9 Å². The van der Waals surface area contributed by atoms with Crippen molar-refractivity contribution in [3.05, 3.63) is 24.3 Å². The molecule has 0 aliphatic carbocycles. The number of carbonyl (C=O) groups excluding carboxylic acids is 1. The summed E-state index contributed by atoms with van der Waals surface area (Å²) >= 11 is 0. The molecule has 0 N–H and O–H groups in total. The quantitative estimate of drug-likeness (QED) is 0.483. The summed E-state index contributed by atoms with van der Waals surface area (Å²) in [6, 6.07) is 8.45. The number of hydrogen-bond donors (Lipinski definition) is 0. The van der Waals surface area contributed by atoms with Crippen LogP contribution in [0.1, 0.15) is 6.92 Å². The number of ether oxygens (including phenoxy) is 1. The maximum atomic E-state index is 11.7. The molecule has 0 unspecified atom stereocenters. The molecular weight excluding hydrogens is 362 g/mol. The van der Waals surface area contributed by atoms with Gasteiger partial charge in [-0.2, -0.15) is 4.98 Å². The first-order valence-electron chi connectivity index (χ1n) is 7.69. The van der Waals surface area contributed by atoms with Gasteiger partial charge in [0.05, 0.1) is 39.8 Å². The number of para-hydroxylation sites is 2. The van der Waals surface area contributed by atoms with Gasteiger partial charge in [-0.05, 0) is 19.1 Å². The number of esters is 1. The highest BCUT2D eigenvalue weighted by molar-refractivity contribution is 5.74. The van der Waals surface area contributed by atoms with E-state index in [2.05, 4.69) is 16.9 Å². The number of likely N-dealkylation sites (N-methyl/N-ethyl adjacent to an activating group) is 1. The highest BCUT2D eigenvalue weighted by atomic mass is 79.9. The number of halogens is 1. The monoisotopic (exact) mass is 383 g/mol. The lowest BCUT2D eigenvalue weighted by Crippen LogP contribution is -3.00. The summed E-state index contributed by atoms with van der Waals surface area (Å²) in [6.07, 6.45) is 0. The van der Waals surface area contributed by atoms with Crippen molar-refractivity contribution in [2.45, 2.75) is 6.92 Å². The van der Waals surface area contributed by atoms with Gasteiger partial charge in [-0.1, -0.05) is 12.1 Å². The molecule has 0 saturated carbocycles. The molecule has 7 heteroatoms. The Balaban J connectivity index is 0.00000192. The fourth-order valence-corrected chi connectivity index (χ4v) is 2.81. The Morgan fingerprint density at radius 3 is 2.70 bits per heavy atom. The summed E-state index contributed by atoms with van der Waals surface area (Å²) < 4.78 is 11.6. The molecule has 0 bridgehead atoms. The summed E-state index contributed by atoms with van der Waals surface area (Å²) in [5, 5.41) is 0. The van der Waals surface area contributed by atoms with E-state index in [1.807, 2.05) is 31.2 Å². The number of quaternary nitrogens is 1. The third kappa shape index (κ3) is 4.03. The van der Waals surface area contributed by atoms with Gasteiger partial charge >= 0.3 is 5.97 Å². The number of benzene rings is 1. The predicted octanol–water partition coefficient (Wildman–Crippen LogP) is -1.34. The fraction of sp³-hybridized carbons (Fsp3) is 0.500. The molecule has 1 aliphatic rings. The van der Waals surface area contributed by atoms with Crippen molar-refractivity contribution in [1.82, 2.24) is 4.98 Å². The predicted molar refractivity (Wildman–Crippen MR) is 83.6 cm³/mol. The number of aromatic nitrogens is 1. The lowest BCUT2D eigenvalue weighted by atomic mass is 10.2. The van der Waals surface area contributed by atoms with Crippen LogP contribution >= 0.6 is 0 Å². The van der Waals surface area contributed by atoms with Crippen LogP contribution in [0.15, 0.2) is 28.7 Å². The third-order valence-electron chi connectivity index (χ3n) is 4.19. The molecule has 126 valence electrons. The molecule has 1 aromatic carbocycles. The largest absolute Gasteiger partial charge is 1.00 e. The van der Waals surface area contributed by atoms with Gasteiger partial charge in [0.15, 0.2) is 12.1 Å². The van der Waals surface area contributed by atoms with Crippen LogP contribution in [0, 0.1) is 0 Å². The molecule has 0 atom stereocenters. The first kappa shape index (κ1) is 17.7. The lowest BCUT2D eigenvalue weighted by Gasteiger charge is -2.40. The first-order valence-corrected chi connectivity index (χ1v) is 7.69. The van der Waals surface area contributed by atoms with Crippen LogP contribution in [0.5, 0.6) is 0 Å². The standard InChI is InChI=1S/C16H22N3O3.BrH/c1-3-21-15(20)12-19(2)10-8-18(9-11-19)16-17-13-6-4-5-7-14(13)22-16;/h4-7H,3,8-12H2,1-2H3;1H/q+1;/p-1. The Morgan fingerprint density at radius 1 is 1.35 bits per heavy atom. The maximum absolute atomic E-state index is 11.7. The maximum Gasteiger partial charge on any atom is 0.361 e. The van der Waals surface area contributed by atoms with Crippen molar-refractivity contribution in [2.24, 2.45) is 0 Å². The van der Waals surface area contributed by atoms with E-state index in [1.54, 1.807) is 0 Å². The van der Waals surface area contributed by atoms with E-state index in [-0.39, 0.29) is 23.0 Å². The number of hydrogen-bond acceptors (Lipinski definition) is 5. The molecule has 1 saturated heterocycles. The lowest BCUT2D eigenvalue weighted by molar-refractivity contribution is -0.903. The molecule has 1 aliphatic heterocycles. The minimum Gasteiger partial charge on any atom is -1.00 e. The van der Waals surface area contributed by atoms with Gasteiger partial charge in [0.25, 0.3) is 6.01 Å². The molecule has 1 fully saturated rings. The Hall–Kier alpha value is -1.60. The second-order valence-corrected chi connectivity index (χ2v) is 5.98. The van der Waals surface area contributed by atoms with E-state index in [1.165, 1.54) is 0 Å². The average Bonchev–Trinajstić information content (AvgIpc) is 2.91. The number of piperazine rings is 1. The van der Waals surface area contributed by atoms with Crippen LogP contribution in [0.3, 0.4) is 0 Å². The van der Waals surface area contributed by atoms with Crippen molar-refractivity contribution in [3.8, 4) is 0 Å². The molecule has 0 radical (unpaired) electrons. The van der Waals surface area contributed by atoms with Crippen molar-refractivity contribution < 1.29 is 35.4 Å². The molecule has 1 aromatic heterocycles. The zero-order valence-electron chi connectivity index (χ0n) is 13.5. The average molecular weight is 384 g/mol. The van der Waals surface area contributed by atoms with E-state index >= 15 is 0 Å². The van der Waals surface area contributed by atoms with Crippen molar-refractivity contribution >= 4 is 23.1 Å². The summed E-state index contributed by atoms with van der Waals surface area (Å²) in [4.78, 5) is 18.4. The molecule has 3 rings (SSSR count).